The van der Waals surface area contributed by atoms with E-state index in [2.05, 4.69) is 10.1 Å². The van der Waals surface area contributed by atoms with Gasteiger partial charge < -0.3 is 23.5 Å². The minimum atomic E-state index is -0.667. The van der Waals surface area contributed by atoms with Crippen molar-refractivity contribution in [2.24, 2.45) is 0 Å². The van der Waals surface area contributed by atoms with Crippen molar-refractivity contribution >= 4 is 5.97 Å². The van der Waals surface area contributed by atoms with Gasteiger partial charge in [-0.05, 0) is 36.4 Å². The Labute approximate surface area is 159 Å². The fourth-order valence-electron chi connectivity index (χ4n) is 2.50. The number of nitrogens with zero attached hydrogens (tertiary/aromatic N) is 2. The van der Waals surface area contributed by atoms with Crippen molar-refractivity contribution in [3.8, 4) is 28.6 Å². The zero-order valence-corrected chi connectivity index (χ0v) is 15.4. The van der Waals surface area contributed by atoms with Crippen LogP contribution in [0, 0.1) is 5.82 Å². The minimum Gasteiger partial charge on any atom is -0.493 e. The summed E-state index contributed by atoms with van der Waals surface area (Å²) < 4.78 is 39.0. The molecule has 146 valence electrons. The van der Waals surface area contributed by atoms with Crippen LogP contribution in [0.2, 0.25) is 0 Å². The average Bonchev–Trinajstić information content (AvgIpc) is 3.20. The number of carbonyl (C=O) groups is 1. The summed E-state index contributed by atoms with van der Waals surface area (Å²) >= 11 is 0. The molecule has 9 heteroatoms. The Bertz CT molecular complexity index is 971. The van der Waals surface area contributed by atoms with E-state index in [0.717, 1.165) is 0 Å². The molecule has 0 spiro atoms. The normalized spacial score (nSPS) is 10.4. The molecular formula is C19H17FN2O6. The first-order valence-corrected chi connectivity index (χ1v) is 8.12. The summed E-state index contributed by atoms with van der Waals surface area (Å²) in [5.41, 5.74) is 0.725. The van der Waals surface area contributed by atoms with Gasteiger partial charge in [-0.3, -0.25) is 0 Å². The van der Waals surface area contributed by atoms with Crippen molar-refractivity contribution in [3.05, 3.63) is 53.7 Å². The molecule has 0 fully saturated rings. The van der Waals surface area contributed by atoms with E-state index in [9.17, 15) is 9.18 Å². The number of rotatable bonds is 7. The van der Waals surface area contributed by atoms with Crippen molar-refractivity contribution in [2.45, 2.75) is 6.61 Å². The van der Waals surface area contributed by atoms with E-state index in [0.29, 0.717) is 11.3 Å². The minimum absolute atomic E-state index is 0.0899. The number of hydrogen-bond acceptors (Lipinski definition) is 8. The zero-order valence-electron chi connectivity index (χ0n) is 15.4. The van der Waals surface area contributed by atoms with Gasteiger partial charge in [0.1, 0.15) is 11.4 Å². The second-order valence-corrected chi connectivity index (χ2v) is 5.48. The summed E-state index contributed by atoms with van der Waals surface area (Å²) in [5.74, 6) is 0.184. The summed E-state index contributed by atoms with van der Waals surface area (Å²) in [6.45, 7) is -0.246. The first-order chi connectivity index (χ1) is 13.6. The molecule has 0 saturated carbocycles. The summed E-state index contributed by atoms with van der Waals surface area (Å²) in [6.07, 6.45) is 0. The number of methoxy groups -OCH3 is 3. The highest BCUT2D eigenvalue weighted by Gasteiger charge is 2.22. The molecule has 0 unspecified atom stereocenters. The van der Waals surface area contributed by atoms with Crippen molar-refractivity contribution in [2.75, 3.05) is 21.3 Å². The SMILES string of the molecule is COc1ccc(C(=O)OCc2nc(-c3ccc(F)cc3)no2)c(OC)c1OC. The molecule has 1 heterocycles. The number of benzene rings is 2. The van der Waals surface area contributed by atoms with Gasteiger partial charge in [-0.15, -0.1) is 0 Å². The molecule has 2 aromatic carbocycles. The highest BCUT2D eigenvalue weighted by Crippen LogP contribution is 2.40. The van der Waals surface area contributed by atoms with E-state index in [-0.39, 0.29) is 41.2 Å². The van der Waals surface area contributed by atoms with E-state index in [1.54, 1.807) is 6.07 Å². The number of hydrogen-bond donors (Lipinski definition) is 0. The summed E-state index contributed by atoms with van der Waals surface area (Å²) in [5, 5.41) is 3.79. The highest BCUT2D eigenvalue weighted by atomic mass is 19.1. The highest BCUT2D eigenvalue weighted by molar-refractivity contribution is 5.94. The van der Waals surface area contributed by atoms with E-state index in [1.807, 2.05) is 0 Å². The Balaban J connectivity index is 1.73. The Hall–Kier alpha value is -3.62. The number of halogens is 1. The smallest absolute Gasteiger partial charge is 0.342 e. The zero-order chi connectivity index (χ0) is 20.1. The average molecular weight is 388 g/mol. The molecule has 0 aliphatic heterocycles. The van der Waals surface area contributed by atoms with Gasteiger partial charge in [-0.2, -0.15) is 4.98 Å². The number of esters is 1. The lowest BCUT2D eigenvalue weighted by molar-refractivity contribution is 0.0425. The van der Waals surface area contributed by atoms with Crippen LogP contribution in [0.1, 0.15) is 16.2 Å². The molecule has 0 aliphatic carbocycles. The van der Waals surface area contributed by atoms with Gasteiger partial charge in [-0.25, -0.2) is 9.18 Å². The topological polar surface area (TPSA) is 92.9 Å². The first kappa shape index (κ1) is 19.2. The van der Waals surface area contributed by atoms with Crippen molar-refractivity contribution in [1.82, 2.24) is 10.1 Å². The fourth-order valence-corrected chi connectivity index (χ4v) is 2.50. The van der Waals surface area contributed by atoms with Gasteiger partial charge in [0.2, 0.25) is 11.6 Å². The molecule has 0 aliphatic rings. The van der Waals surface area contributed by atoms with Crippen LogP contribution in [0.5, 0.6) is 17.2 Å². The van der Waals surface area contributed by atoms with Gasteiger partial charge in [0.15, 0.2) is 18.1 Å². The van der Waals surface area contributed by atoms with E-state index < -0.39 is 5.97 Å². The van der Waals surface area contributed by atoms with Crippen LogP contribution in [0.15, 0.2) is 40.9 Å². The van der Waals surface area contributed by atoms with Crippen LogP contribution in [0.4, 0.5) is 4.39 Å². The third-order valence-corrected chi connectivity index (χ3v) is 3.82. The van der Waals surface area contributed by atoms with E-state index in [4.69, 9.17) is 23.5 Å². The molecule has 0 atom stereocenters. The molecule has 8 nitrogen and oxygen atoms in total. The van der Waals surface area contributed by atoms with Crippen LogP contribution < -0.4 is 14.2 Å². The maximum Gasteiger partial charge on any atom is 0.342 e. The van der Waals surface area contributed by atoms with Crippen LogP contribution in [0.3, 0.4) is 0 Å². The molecule has 3 aromatic rings. The second-order valence-electron chi connectivity index (χ2n) is 5.48. The van der Waals surface area contributed by atoms with Crippen molar-refractivity contribution in [1.29, 1.82) is 0 Å². The third-order valence-electron chi connectivity index (χ3n) is 3.82. The Morgan fingerprint density at radius 1 is 1.00 bits per heavy atom. The van der Waals surface area contributed by atoms with Gasteiger partial charge in [-0.1, -0.05) is 5.16 Å². The first-order valence-electron chi connectivity index (χ1n) is 8.12. The van der Waals surface area contributed by atoms with Crippen LogP contribution in [-0.4, -0.2) is 37.4 Å². The maximum atomic E-state index is 13.0. The standard InChI is InChI=1S/C19H17FN2O6/c1-24-14-9-8-13(16(25-2)17(14)26-3)19(23)27-10-15-21-18(22-28-15)11-4-6-12(20)7-5-11/h4-9H,10H2,1-3H3. The van der Waals surface area contributed by atoms with Crippen LogP contribution in [-0.2, 0) is 11.3 Å². The van der Waals surface area contributed by atoms with E-state index >= 15 is 0 Å². The van der Waals surface area contributed by atoms with Crippen LogP contribution >= 0.6 is 0 Å². The van der Waals surface area contributed by atoms with Crippen LogP contribution in [0.25, 0.3) is 11.4 Å². The summed E-state index contributed by atoms with van der Waals surface area (Å²) in [7, 11) is 4.32. The Kier molecular flexibility index (Phi) is 5.73. The quantitative estimate of drug-likeness (QED) is 0.570. The lowest BCUT2D eigenvalue weighted by atomic mass is 10.1. The maximum absolute atomic E-state index is 13.0. The molecule has 0 bridgehead atoms. The second kappa shape index (κ2) is 8.38. The lowest BCUT2D eigenvalue weighted by Gasteiger charge is -2.14. The predicted molar refractivity (Wildman–Crippen MR) is 94.9 cm³/mol. The molecule has 0 radical (unpaired) electrons. The summed E-state index contributed by atoms with van der Waals surface area (Å²) in [4.78, 5) is 16.6. The van der Waals surface area contributed by atoms with Gasteiger partial charge in [0.05, 0.1) is 21.3 Å². The molecule has 28 heavy (non-hydrogen) atoms. The molecule has 0 saturated heterocycles. The Morgan fingerprint density at radius 2 is 1.71 bits per heavy atom. The fraction of sp³-hybridized carbons (Fsp3) is 0.211. The lowest BCUT2D eigenvalue weighted by Crippen LogP contribution is -2.09. The summed E-state index contributed by atoms with van der Waals surface area (Å²) in [6, 6.07) is 8.68. The van der Waals surface area contributed by atoms with Gasteiger partial charge in [0.25, 0.3) is 5.89 Å². The number of aromatic nitrogens is 2. The van der Waals surface area contributed by atoms with Crippen molar-refractivity contribution < 1.29 is 32.7 Å². The molecular weight excluding hydrogens is 371 g/mol. The predicted octanol–water partition coefficient (Wildman–Crippen LogP) is 3.26. The molecule has 1 aromatic heterocycles. The van der Waals surface area contributed by atoms with Gasteiger partial charge in [0, 0.05) is 5.56 Å². The number of carbonyl (C=O) groups excluding carboxylic acids is 1. The Morgan fingerprint density at radius 3 is 2.36 bits per heavy atom. The largest absolute Gasteiger partial charge is 0.493 e. The van der Waals surface area contributed by atoms with E-state index in [1.165, 1.54) is 51.7 Å². The number of ether oxygens (including phenoxy) is 4. The monoisotopic (exact) mass is 388 g/mol. The molecule has 0 amide bonds. The van der Waals surface area contributed by atoms with Gasteiger partial charge >= 0.3 is 5.97 Å². The third kappa shape index (κ3) is 3.88. The molecule has 3 rings (SSSR count). The molecule has 0 N–H and O–H groups in total. The van der Waals surface area contributed by atoms with Crippen molar-refractivity contribution in [3.63, 3.8) is 0 Å².